The van der Waals surface area contributed by atoms with Crippen LogP contribution in [0.3, 0.4) is 0 Å². The lowest BCUT2D eigenvalue weighted by molar-refractivity contribution is -0.263. The molecule has 0 bridgehead atoms. The van der Waals surface area contributed by atoms with Crippen LogP contribution in [0.5, 0.6) is 0 Å². The number of esters is 1. The molecule has 0 aliphatic carbocycles. The second-order valence-electron chi connectivity index (χ2n) is 3.65. The molecule has 1 unspecified atom stereocenters. The highest BCUT2D eigenvalue weighted by atomic mass is 19.4. The molecule has 0 heterocycles. The highest BCUT2D eigenvalue weighted by Crippen LogP contribution is 2.34. The molecule has 0 saturated carbocycles. The quantitative estimate of drug-likeness (QED) is 0.620. The van der Waals surface area contributed by atoms with E-state index < -0.39 is 24.2 Å². The van der Waals surface area contributed by atoms with Crippen LogP contribution >= 0.6 is 0 Å². The minimum atomic E-state index is -5.33. The van der Waals surface area contributed by atoms with Crippen LogP contribution in [0.4, 0.5) is 22.0 Å². The standard InChI is InChI=1S/C11H9F5O2/c1-10(12,13)9(11(14,15)16)18-8(17)7-5-3-2-4-6-7/h2-6,9H,1H3. The second kappa shape index (κ2) is 4.91. The van der Waals surface area contributed by atoms with E-state index >= 15 is 0 Å². The van der Waals surface area contributed by atoms with Gasteiger partial charge in [0.2, 0.25) is 0 Å². The zero-order valence-electron chi connectivity index (χ0n) is 9.17. The van der Waals surface area contributed by atoms with Gasteiger partial charge in [0.1, 0.15) is 0 Å². The molecule has 1 atom stereocenters. The average Bonchev–Trinajstić information content (AvgIpc) is 2.23. The topological polar surface area (TPSA) is 26.3 Å². The zero-order chi connectivity index (χ0) is 14.0. The monoisotopic (exact) mass is 268 g/mol. The summed E-state index contributed by atoms with van der Waals surface area (Å²) in [5.41, 5.74) is -0.226. The molecule has 0 aromatic heterocycles. The third-order valence-electron chi connectivity index (χ3n) is 1.99. The summed E-state index contributed by atoms with van der Waals surface area (Å²) < 4.78 is 66.4. The lowest BCUT2D eigenvalue weighted by Crippen LogP contribution is -2.46. The number of rotatable bonds is 3. The van der Waals surface area contributed by atoms with Crippen molar-refractivity contribution in [3.63, 3.8) is 0 Å². The van der Waals surface area contributed by atoms with Gasteiger partial charge in [-0.3, -0.25) is 0 Å². The zero-order valence-corrected chi connectivity index (χ0v) is 9.17. The molecule has 1 rings (SSSR count). The number of hydrogen-bond acceptors (Lipinski definition) is 2. The predicted octanol–water partition coefficient (Wildman–Crippen LogP) is 3.43. The first-order chi connectivity index (χ1) is 8.12. The van der Waals surface area contributed by atoms with E-state index in [1.807, 2.05) is 0 Å². The number of alkyl halides is 5. The van der Waals surface area contributed by atoms with Crippen LogP contribution in [0.25, 0.3) is 0 Å². The Morgan fingerprint density at radius 1 is 1.11 bits per heavy atom. The second-order valence-corrected chi connectivity index (χ2v) is 3.65. The summed E-state index contributed by atoms with van der Waals surface area (Å²) >= 11 is 0. The molecule has 1 aromatic carbocycles. The Kier molecular flexibility index (Phi) is 3.93. The van der Waals surface area contributed by atoms with Gasteiger partial charge in [-0.1, -0.05) is 18.2 Å². The number of ether oxygens (including phenoxy) is 1. The molecule has 100 valence electrons. The Labute approximate surface area is 99.4 Å². The molecular weight excluding hydrogens is 259 g/mol. The fourth-order valence-electron chi connectivity index (χ4n) is 1.21. The van der Waals surface area contributed by atoms with E-state index in [1.165, 1.54) is 30.3 Å². The minimum Gasteiger partial charge on any atom is -0.443 e. The van der Waals surface area contributed by atoms with Gasteiger partial charge in [-0.25, -0.2) is 13.6 Å². The Morgan fingerprint density at radius 2 is 1.61 bits per heavy atom. The van der Waals surface area contributed by atoms with Gasteiger partial charge in [-0.05, 0) is 12.1 Å². The SMILES string of the molecule is CC(F)(F)C(OC(=O)c1ccccc1)C(F)(F)F. The van der Waals surface area contributed by atoms with E-state index in [-0.39, 0.29) is 12.5 Å². The molecule has 18 heavy (non-hydrogen) atoms. The summed E-state index contributed by atoms with van der Waals surface area (Å²) in [6.07, 6.45) is -8.79. The molecule has 0 amide bonds. The smallest absolute Gasteiger partial charge is 0.431 e. The molecular formula is C11H9F5O2. The van der Waals surface area contributed by atoms with E-state index in [1.54, 1.807) is 0 Å². The van der Waals surface area contributed by atoms with Crippen LogP contribution in [0, 0.1) is 0 Å². The fourth-order valence-corrected chi connectivity index (χ4v) is 1.21. The molecule has 0 radical (unpaired) electrons. The lowest BCUT2D eigenvalue weighted by atomic mass is 10.2. The molecule has 0 fully saturated rings. The highest BCUT2D eigenvalue weighted by Gasteiger charge is 2.56. The number of carbonyl (C=O) groups is 1. The Morgan fingerprint density at radius 3 is 2.00 bits per heavy atom. The largest absolute Gasteiger partial charge is 0.443 e. The van der Waals surface area contributed by atoms with Crippen LogP contribution in [-0.2, 0) is 4.74 Å². The maximum atomic E-state index is 12.8. The van der Waals surface area contributed by atoms with Crippen molar-refractivity contribution < 1.29 is 31.5 Å². The summed E-state index contributed by atoms with van der Waals surface area (Å²) in [7, 11) is 0. The molecule has 1 aromatic rings. The first-order valence-corrected chi connectivity index (χ1v) is 4.83. The lowest BCUT2D eigenvalue weighted by Gasteiger charge is -2.25. The summed E-state index contributed by atoms with van der Waals surface area (Å²) in [6, 6.07) is 6.62. The van der Waals surface area contributed by atoms with Gasteiger partial charge in [-0.2, -0.15) is 13.2 Å². The van der Waals surface area contributed by atoms with Crippen molar-refractivity contribution in [3.8, 4) is 0 Å². The maximum absolute atomic E-state index is 12.8. The summed E-state index contributed by atoms with van der Waals surface area (Å²) in [6.45, 7) is 0.0451. The van der Waals surface area contributed by atoms with Crippen molar-refractivity contribution in [2.24, 2.45) is 0 Å². The van der Waals surface area contributed by atoms with Crippen molar-refractivity contribution >= 4 is 5.97 Å². The maximum Gasteiger partial charge on any atom is 0.431 e. The van der Waals surface area contributed by atoms with Crippen molar-refractivity contribution in [3.05, 3.63) is 35.9 Å². The third kappa shape index (κ3) is 3.68. The molecule has 0 saturated heterocycles. The van der Waals surface area contributed by atoms with Gasteiger partial charge in [-0.15, -0.1) is 0 Å². The van der Waals surface area contributed by atoms with Crippen molar-refractivity contribution in [1.82, 2.24) is 0 Å². The van der Waals surface area contributed by atoms with E-state index in [0.717, 1.165) is 0 Å². The fraction of sp³-hybridized carbons (Fsp3) is 0.364. The third-order valence-corrected chi connectivity index (χ3v) is 1.99. The van der Waals surface area contributed by atoms with E-state index in [9.17, 15) is 26.7 Å². The summed E-state index contributed by atoms with van der Waals surface area (Å²) in [5, 5.41) is 0. The Bertz CT molecular complexity index is 394. The Balaban J connectivity index is 2.90. The normalized spacial score (nSPS) is 14.1. The van der Waals surface area contributed by atoms with E-state index in [0.29, 0.717) is 0 Å². The average molecular weight is 268 g/mol. The molecule has 0 aliphatic rings. The minimum absolute atomic E-state index is 0.0451. The predicted molar refractivity (Wildman–Crippen MR) is 52.3 cm³/mol. The van der Waals surface area contributed by atoms with Crippen LogP contribution in [-0.4, -0.2) is 24.2 Å². The summed E-state index contributed by atoms with van der Waals surface area (Å²) in [4.78, 5) is 11.3. The molecule has 0 spiro atoms. The molecule has 0 aliphatic heterocycles. The first-order valence-electron chi connectivity index (χ1n) is 4.83. The van der Waals surface area contributed by atoms with Gasteiger partial charge in [0.05, 0.1) is 5.56 Å². The number of hydrogen-bond donors (Lipinski definition) is 0. The number of carbonyl (C=O) groups excluding carboxylic acids is 1. The van der Waals surface area contributed by atoms with Gasteiger partial charge in [0.25, 0.3) is 12.0 Å². The van der Waals surface area contributed by atoms with Crippen LogP contribution in [0.15, 0.2) is 30.3 Å². The molecule has 7 heteroatoms. The van der Waals surface area contributed by atoms with Crippen LogP contribution in [0.1, 0.15) is 17.3 Å². The van der Waals surface area contributed by atoms with E-state index in [2.05, 4.69) is 4.74 Å². The van der Waals surface area contributed by atoms with Gasteiger partial charge in [0.15, 0.2) is 0 Å². The van der Waals surface area contributed by atoms with E-state index in [4.69, 9.17) is 0 Å². The molecule has 2 nitrogen and oxygen atoms in total. The number of benzene rings is 1. The van der Waals surface area contributed by atoms with Crippen molar-refractivity contribution in [2.75, 3.05) is 0 Å². The van der Waals surface area contributed by atoms with Gasteiger partial charge in [0, 0.05) is 6.92 Å². The van der Waals surface area contributed by atoms with Crippen LogP contribution < -0.4 is 0 Å². The highest BCUT2D eigenvalue weighted by molar-refractivity contribution is 5.89. The summed E-state index contributed by atoms with van der Waals surface area (Å²) in [5.74, 6) is -5.65. The number of halogens is 5. The van der Waals surface area contributed by atoms with Gasteiger partial charge >= 0.3 is 12.1 Å². The van der Waals surface area contributed by atoms with Crippen molar-refractivity contribution in [1.29, 1.82) is 0 Å². The molecule has 0 N–H and O–H groups in total. The Hall–Kier alpha value is -1.66. The van der Waals surface area contributed by atoms with Crippen molar-refractivity contribution in [2.45, 2.75) is 25.1 Å². The van der Waals surface area contributed by atoms with Gasteiger partial charge < -0.3 is 4.74 Å². The first kappa shape index (κ1) is 14.4. The van der Waals surface area contributed by atoms with Crippen LogP contribution in [0.2, 0.25) is 0 Å².